The highest BCUT2D eigenvalue weighted by Gasteiger charge is 2.16. The minimum absolute atomic E-state index is 1.18. The van der Waals surface area contributed by atoms with E-state index in [9.17, 15) is 0 Å². The van der Waals surface area contributed by atoms with Crippen molar-refractivity contribution in [3.8, 4) is 33.4 Å². The number of hydrogen-bond donors (Lipinski definition) is 0. The summed E-state index contributed by atoms with van der Waals surface area (Å²) in [6, 6.07) is 61.4. The molecule has 0 aromatic heterocycles. The molecule has 0 heterocycles. The summed E-state index contributed by atoms with van der Waals surface area (Å²) in [5, 5.41) is 7.66. The van der Waals surface area contributed by atoms with E-state index in [-0.39, 0.29) is 0 Å². The third-order valence-electron chi connectivity index (χ3n) is 8.66. The molecule has 0 aliphatic carbocycles. The smallest absolute Gasteiger partial charge is 0.00264 e. The van der Waals surface area contributed by atoms with Gasteiger partial charge in [0.05, 0.1) is 0 Å². The Bertz CT molecular complexity index is 2230. The van der Waals surface area contributed by atoms with Crippen molar-refractivity contribution in [1.29, 1.82) is 0 Å². The first-order valence-electron chi connectivity index (χ1n) is 15.2. The van der Waals surface area contributed by atoms with Crippen LogP contribution in [0.25, 0.3) is 77.9 Å². The summed E-state index contributed by atoms with van der Waals surface area (Å²) in [6.45, 7) is 0. The maximum atomic E-state index is 2.27. The number of rotatable bonds is 5. The summed E-state index contributed by atoms with van der Waals surface area (Å²) in [6.07, 6.45) is 4.39. The molecule has 0 aliphatic rings. The Morgan fingerprint density at radius 1 is 0.273 bits per heavy atom. The van der Waals surface area contributed by atoms with Gasteiger partial charge in [-0.1, -0.05) is 176 Å². The summed E-state index contributed by atoms with van der Waals surface area (Å²) in [5.41, 5.74) is 9.91. The maximum Gasteiger partial charge on any atom is -0.00264 e. The van der Waals surface area contributed by atoms with Crippen molar-refractivity contribution in [3.63, 3.8) is 0 Å². The minimum atomic E-state index is 1.18. The van der Waals surface area contributed by atoms with Gasteiger partial charge in [0.1, 0.15) is 0 Å². The molecule has 0 nitrogen and oxygen atoms in total. The average Bonchev–Trinajstić information content (AvgIpc) is 3.10. The Kier molecular flexibility index (Phi) is 6.59. The van der Waals surface area contributed by atoms with Crippen LogP contribution < -0.4 is 0 Å². The Hall–Kier alpha value is -5.72. The minimum Gasteiger partial charge on any atom is -0.0622 e. The summed E-state index contributed by atoms with van der Waals surface area (Å²) in [5.74, 6) is 0. The predicted molar refractivity (Wildman–Crippen MR) is 191 cm³/mol. The highest BCUT2D eigenvalue weighted by molar-refractivity contribution is 6.21. The maximum absolute atomic E-state index is 2.27. The standard InChI is InChI=1S/C44H30/c1-2-11-35(12-3-1)43-39-14-6-8-16-41(39)44(42-17-9-7-15-40(42)43)36-26-22-32(23-27-36)19-18-31-20-24-34(25-21-31)38-29-28-33-10-4-5-13-37(33)30-38/h1-30H/b19-18+. The molecule has 0 saturated heterocycles. The molecule has 0 heteroatoms. The van der Waals surface area contributed by atoms with Crippen molar-refractivity contribution < 1.29 is 0 Å². The van der Waals surface area contributed by atoms with Gasteiger partial charge >= 0.3 is 0 Å². The van der Waals surface area contributed by atoms with E-state index in [4.69, 9.17) is 0 Å². The molecular formula is C44H30. The van der Waals surface area contributed by atoms with E-state index in [1.54, 1.807) is 0 Å². The third kappa shape index (κ3) is 4.77. The second kappa shape index (κ2) is 11.2. The summed E-state index contributed by atoms with van der Waals surface area (Å²) >= 11 is 0. The fourth-order valence-corrected chi connectivity index (χ4v) is 6.46. The first-order chi connectivity index (χ1) is 21.8. The van der Waals surface area contributed by atoms with E-state index in [1.165, 1.54) is 76.8 Å². The van der Waals surface area contributed by atoms with Crippen molar-refractivity contribution in [2.45, 2.75) is 0 Å². The fraction of sp³-hybridized carbons (Fsp3) is 0. The van der Waals surface area contributed by atoms with Crippen LogP contribution in [-0.2, 0) is 0 Å². The first-order valence-corrected chi connectivity index (χ1v) is 15.2. The average molecular weight is 559 g/mol. The molecule has 206 valence electrons. The molecule has 0 amide bonds. The monoisotopic (exact) mass is 558 g/mol. The molecule has 8 rings (SSSR count). The van der Waals surface area contributed by atoms with Gasteiger partial charge in [0, 0.05) is 0 Å². The van der Waals surface area contributed by atoms with Crippen LogP contribution in [0.3, 0.4) is 0 Å². The molecule has 0 spiro atoms. The molecule has 0 fully saturated rings. The van der Waals surface area contributed by atoms with Crippen molar-refractivity contribution in [1.82, 2.24) is 0 Å². The molecule has 0 bridgehead atoms. The molecule has 8 aromatic carbocycles. The quantitative estimate of drug-likeness (QED) is 0.146. The van der Waals surface area contributed by atoms with Gasteiger partial charge in [0.25, 0.3) is 0 Å². The van der Waals surface area contributed by atoms with Crippen LogP contribution in [0.5, 0.6) is 0 Å². The van der Waals surface area contributed by atoms with Crippen molar-refractivity contribution in [2.24, 2.45) is 0 Å². The van der Waals surface area contributed by atoms with Gasteiger partial charge in [-0.25, -0.2) is 0 Å². The normalized spacial score (nSPS) is 11.5. The topological polar surface area (TPSA) is 0 Å². The lowest BCUT2D eigenvalue weighted by atomic mass is 9.86. The highest BCUT2D eigenvalue weighted by atomic mass is 14.2. The highest BCUT2D eigenvalue weighted by Crippen LogP contribution is 2.43. The van der Waals surface area contributed by atoms with Gasteiger partial charge in [-0.15, -0.1) is 0 Å². The van der Waals surface area contributed by atoms with Crippen LogP contribution in [0.4, 0.5) is 0 Å². The summed E-state index contributed by atoms with van der Waals surface area (Å²) in [4.78, 5) is 0. The zero-order valence-electron chi connectivity index (χ0n) is 24.3. The van der Waals surface area contributed by atoms with Gasteiger partial charge in [-0.05, 0) is 82.9 Å². The molecule has 0 unspecified atom stereocenters. The van der Waals surface area contributed by atoms with Gasteiger partial charge < -0.3 is 0 Å². The lowest BCUT2D eigenvalue weighted by molar-refractivity contribution is 1.61. The van der Waals surface area contributed by atoms with E-state index in [0.717, 1.165) is 0 Å². The summed E-state index contributed by atoms with van der Waals surface area (Å²) < 4.78 is 0. The van der Waals surface area contributed by atoms with Crippen LogP contribution in [0.1, 0.15) is 11.1 Å². The summed E-state index contributed by atoms with van der Waals surface area (Å²) in [7, 11) is 0. The van der Waals surface area contributed by atoms with E-state index in [2.05, 4.69) is 182 Å². The Balaban J connectivity index is 1.11. The predicted octanol–water partition coefficient (Wildman–Crippen LogP) is 12.3. The van der Waals surface area contributed by atoms with Gasteiger partial charge in [-0.2, -0.15) is 0 Å². The lowest BCUT2D eigenvalue weighted by Gasteiger charge is -2.17. The zero-order valence-corrected chi connectivity index (χ0v) is 24.3. The second-order valence-corrected chi connectivity index (χ2v) is 11.3. The van der Waals surface area contributed by atoms with Crippen molar-refractivity contribution >= 4 is 44.5 Å². The van der Waals surface area contributed by atoms with Crippen LogP contribution in [-0.4, -0.2) is 0 Å². The largest absolute Gasteiger partial charge is 0.0622 e. The van der Waals surface area contributed by atoms with Crippen LogP contribution in [0, 0.1) is 0 Å². The SMILES string of the molecule is C(=C\c1ccc(-c2c3ccccc3c(-c3ccccc3)c3ccccc23)cc1)/c1ccc(-c2ccc3ccccc3c2)cc1. The number of fused-ring (bicyclic) bond motifs is 3. The first kappa shape index (κ1) is 25.9. The Morgan fingerprint density at radius 3 is 1.23 bits per heavy atom. The number of hydrogen-bond acceptors (Lipinski definition) is 0. The zero-order chi connectivity index (χ0) is 29.3. The molecule has 0 radical (unpaired) electrons. The van der Waals surface area contributed by atoms with E-state index >= 15 is 0 Å². The molecule has 0 aliphatic heterocycles. The lowest BCUT2D eigenvalue weighted by Crippen LogP contribution is -1.90. The Labute approximate surface area is 258 Å². The molecule has 8 aromatic rings. The molecule has 0 N–H and O–H groups in total. The molecular weight excluding hydrogens is 528 g/mol. The van der Waals surface area contributed by atoms with E-state index in [1.807, 2.05) is 0 Å². The molecule has 0 atom stereocenters. The van der Waals surface area contributed by atoms with E-state index < -0.39 is 0 Å². The van der Waals surface area contributed by atoms with Crippen LogP contribution >= 0.6 is 0 Å². The molecule has 44 heavy (non-hydrogen) atoms. The van der Waals surface area contributed by atoms with Gasteiger partial charge in [0.2, 0.25) is 0 Å². The van der Waals surface area contributed by atoms with Crippen LogP contribution in [0.15, 0.2) is 170 Å². The third-order valence-corrected chi connectivity index (χ3v) is 8.66. The molecule has 0 saturated carbocycles. The van der Waals surface area contributed by atoms with Crippen molar-refractivity contribution in [3.05, 3.63) is 181 Å². The fourth-order valence-electron chi connectivity index (χ4n) is 6.46. The van der Waals surface area contributed by atoms with Gasteiger partial charge in [-0.3, -0.25) is 0 Å². The number of benzene rings is 8. The van der Waals surface area contributed by atoms with Crippen LogP contribution in [0.2, 0.25) is 0 Å². The second-order valence-electron chi connectivity index (χ2n) is 11.3. The van der Waals surface area contributed by atoms with Gasteiger partial charge in [0.15, 0.2) is 0 Å². The van der Waals surface area contributed by atoms with E-state index in [0.29, 0.717) is 0 Å². The Morgan fingerprint density at radius 2 is 0.682 bits per heavy atom. The van der Waals surface area contributed by atoms with Crippen molar-refractivity contribution in [2.75, 3.05) is 0 Å².